The molecule has 0 bridgehead atoms. The van der Waals surface area contributed by atoms with E-state index < -0.39 is 0 Å². The maximum Gasteiger partial charge on any atom is 0.133 e. The summed E-state index contributed by atoms with van der Waals surface area (Å²) >= 11 is 0. The average Bonchev–Trinajstić information content (AvgIpc) is 2.18. The Morgan fingerprint density at radius 3 is 3.07 bits per heavy atom. The molecule has 1 aromatic rings. The van der Waals surface area contributed by atoms with E-state index in [0.29, 0.717) is 23.9 Å². The minimum atomic E-state index is 0.296. The van der Waals surface area contributed by atoms with Crippen molar-refractivity contribution in [1.82, 2.24) is 4.98 Å². The van der Waals surface area contributed by atoms with Gasteiger partial charge in [0.25, 0.3) is 0 Å². The smallest absolute Gasteiger partial charge is 0.133 e. The van der Waals surface area contributed by atoms with Crippen molar-refractivity contribution in [3.63, 3.8) is 0 Å². The standard InChI is InChI=1S/C11H14N2O/c12-11-10(5-2-6-13-11)8-3-1-4-9(14)7-8/h2,5-6,8H,1,3-4,7H2,(H2,12,13). The second kappa shape index (κ2) is 3.78. The van der Waals surface area contributed by atoms with Crippen molar-refractivity contribution in [2.24, 2.45) is 0 Å². The third kappa shape index (κ3) is 1.76. The highest BCUT2D eigenvalue weighted by atomic mass is 16.1. The van der Waals surface area contributed by atoms with Gasteiger partial charge in [-0.2, -0.15) is 0 Å². The number of anilines is 1. The van der Waals surface area contributed by atoms with Crippen LogP contribution in [0.4, 0.5) is 5.82 Å². The fraction of sp³-hybridized carbons (Fsp3) is 0.455. The number of aromatic nitrogens is 1. The molecule has 74 valence electrons. The molecule has 2 rings (SSSR count). The fourth-order valence-corrected chi connectivity index (χ4v) is 2.07. The van der Waals surface area contributed by atoms with Crippen LogP contribution in [0.1, 0.15) is 37.2 Å². The van der Waals surface area contributed by atoms with Gasteiger partial charge in [-0.3, -0.25) is 4.79 Å². The van der Waals surface area contributed by atoms with Crippen molar-refractivity contribution < 1.29 is 4.79 Å². The zero-order valence-corrected chi connectivity index (χ0v) is 8.07. The molecule has 3 heteroatoms. The van der Waals surface area contributed by atoms with Crippen LogP contribution in [0.5, 0.6) is 0 Å². The summed E-state index contributed by atoms with van der Waals surface area (Å²) in [5.41, 5.74) is 6.82. The lowest BCUT2D eigenvalue weighted by molar-refractivity contribution is -0.120. The van der Waals surface area contributed by atoms with E-state index in [0.717, 1.165) is 24.8 Å². The minimum absolute atomic E-state index is 0.296. The van der Waals surface area contributed by atoms with E-state index in [2.05, 4.69) is 4.98 Å². The molecule has 0 aliphatic heterocycles. The lowest BCUT2D eigenvalue weighted by atomic mass is 9.83. The number of nitrogen functional groups attached to an aromatic ring is 1. The molecule has 1 atom stereocenters. The Hall–Kier alpha value is -1.38. The fourth-order valence-electron chi connectivity index (χ4n) is 2.07. The Bertz CT molecular complexity index is 349. The van der Waals surface area contributed by atoms with Gasteiger partial charge in [-0.15, -0.1) is 0 Å². The second-order valence-corrected chi connectivity index (χ2v) is 3.81. The predicted octanol–water partition coefficient (Wildman–Crippen LogP) is 1.89. The van der Waals surface area contributed by atoms with E-state index in [9.17, 15) is 4.79 Å². The number of nitrogens with zero attached hydrogens (tertiary/aromatic N) is 1. The summed E-state index contributed by atoms with van der Waals surface area (Å²) in [6.07, 6.45) is 5.09. The SMILES string of the molecule is Nc1ncccc1C1CCCC(=O)C1. The summed E-state index contributed by atoms with van der Waals surface area (Å²) in [4.78, 5) is 15.3. The lowest BCUT2D eigenvalue weighted by Crippen LogP contribution is -2.15. The van der Waals surface area contributed by atoms with Crippen LogP contribution in [0.15, 0.2) is 18.3 Å². The van der Waals surface area contributed by atoms with Crippen LogP contribution >= 0.6 is 0 Å². The third-order valence-corrected chi connectivity index (χ3v) is 2.79. The third-order valence-electron chi connectivity index (χ3n) is 2.79. The molecule has 14 heavy (non-hydrogen) atoms. The van der Waals surface area contributed by atoms with E-state index in [1.165, 1.54) is 0 Å². The quantitative estimate of drug-likeness (QED) is 0.735. The molecule has 0 spiro atoms. The molecule has 1 saturated carbocycles. The summed E-state index contributed by atoms with van der Waals surface area (Å²) in [5.74, 6) is 1.22. The van der Waals surface area contributed by atoms with Gasteiger partial charge in [0, 0.05) is 19.0 Å². The number of Topliss-reactive ketones (excluding diaryl/α,β-unsaturated/α-hetero) is 1. The normalized spacial score (nSPS) is 22.3. The molecule has 1 aliphatic rings. The topological polar surface area (TPSA) is 56.0 Å². The molecule has 1 heterocycles. The van der Waals surface area contributed by atoms with E-state index in [4.69, 9.17) is 5.73 Å². The molecule has 3 nitrogen and oxygen atoms in total. The highest BCUT2D eigenvalue weighted by molar-refractivity contribution is 5.80. The minimum Gasteiger partial charge on any atom is -0.383 e. The number of carbonyl (C=O) groups is 1. The van der Waals surface area contributed by atoms with Crippen molar-refractivity contribution in [2.75, 3.05) is 5.73 Å². The summed E-state index contributed by atoms with van der Waals surface area (Å²) in [6, 6.07) is 3.86. The molecule has 0 aromatic carbocycles. The van der Waals surface area contributed by atoms with Crippen LogP contribution in [-0.2, 0) is 4.79 Å². The number of nitrogens with two attached hydrogens (primary N) is 1. The zero-order chi connectivity index (χ0) is 9.97. The van der Waals surface area contributed by atoms with Crippen molar-refractivity contribution in [3.05, 3.63) is 23.9 Å². The first kappa shape index (κ1) is 9.19. The van der Waals surface area contributed by atoms with Gasteiger partial charge in [-0.25, -0.2) is 4.98 Å². The van der Waals surface area contributed by atoms with Crippen LogP contribution in [0.2, 0.25) is 0 Å². The number of rotatable bonds is 1. The first-order valence-electron chi connectivity index (χ1n) is 4.99. The van der Waals surface area contributed by atoms with Crippen molar-refractivity contribution in [2.45, 2.75) is 31.6 Å². The highest BCUT2D eigenvalue weighted by Crippen LogP contribution is 2.32. The van der Waals surface area contributed by atoms with Crippen molar-refractivity contribution >= 4 is 11.6 Å². The van der Waals surface area contributed by atoms with E-state index >= 15 is 0 Å². The van der Waals surface area contributed by atoms with E-state index in [-0.39, 0.29) is 0 Å². The monoisotopic (exact) mass is 190 g/mol. The van der Waals surface area contributed by atoms with Gasteiger partial charge in [-0.05, 0) is 30.4 Å². The molecular formula is C11H14N2O. The lowest BCUT2D eigenvalue weighted by Gasteiger charge is -2.21. The van der Waals surface area contributed by atoms with Crippen LogP contribution in [0, 0.1) is 0 Å². The molecule has 1 aromatic heterocycles. The van der Waals surface area contributed by atoms with E-state index in [1.807, 2.05) is 12.1 Å². The molecule has 1 unspecified atom stereocenters. The second-order valence-electron chi connectivity index (χ2n) is 3.81. The first-order valence-corrected chi connectivity index (χ1v) is 4.99. The van der Waals surface area contributed by atoms with Crippen LogP contribution in [-0.4, -0.2) is 10.8 Å². The predicted molar refractivity (Wildman–Crippen MR) is 54.9 cm³/mol. The summed E-state index contributed by atoms with van der Waals surface area (Å²) in [5, 5.41) is 0. The molecule has 0 amide bonds. The summed E-state index contributed by atoms with van der Waals surface area (Å²) < 4.78 is 0. The molecule has 0 saturated heterocycles. The first-order chi connectivity index (χ1) is 6.77. The maximum absolute atomic E-state index is 11.3. The van der Waals surface area contributed by atoms with E-state index in [1.54, 1.807) is 6.20 Å². The number of hydrogen-bond acceptors (Lipinski definition) is 3. The van der Waals surface area contributed by atoms with Gasteiger partial charge in [0.05, 0.1) is 0 Å². The average molecular weight is 190 g/mol. The number of ketones is 1. The Balaban J connectivity index is 2.22. The van der Waals surface area contributed by atoms with Crippen LogP contribution < -0.4 is 5.73 Å². The zero-order valence-electron chi connectivity index (χ0n) is 8.07. The van der Waals surface area contributed by atoms with Gasteiger partial charge in [0.15, 0.2) is 0 Å². The Morgan fingerprint density at radius 1 is 1.50 bits per heavy atom. The van der Waals surface area contributed by atoms with Gasteiger partial charge in [0.1, 0.15) is 11.6 Å². The molecule has 2 N–H and O–H groups in total. The van der Waals surface area contributed by atoms with Crippen molar-refractivity contribution in [3.8, 4) is 0 Å². The van der Waals surface area contributed by atoms with Gasteiger partial charge >= 0.3 is 0 Å². The van der Waals surface area contributed by atoms with Gasteiger partial charge in [-0.1, -0.05) is 6.07 Å². The highest BCUT2D eigenvalue weighted by Gasteiger charge is 2.22. The van der Waals surface area contributed by atoms with Crippen LogP contribution in [0.3, 0.4) is 0 Å². The molecular weight excluding hydrogens is 176 g/mol. The van der Waals surface area contributed by atoms with Crippen LogP contribution in [0.25, 0.3) is 0 Å². The molecule has 1 aliphatic carbocycles. The Morgan fingerprint density at radius 2 is 2.36 bits per heavy atom. The maximum atomic E-state index is 11.3. The Kier molecular flexibility index (Phi) is 2.48. The van der Waals surface area contributed by atoms with Gasteiger partial charge in [0.2, 0.25) is 0 Å². The van der Waals surface area contributed by atoms with Crippen molar-refractivity contribution in [1.29, 1.82) is 0 Å². The summed E-state index contributed by atoms with van der Waals surface area (Å²) in [7, 11) is 0. The number of pyridine rings is 1. The number of hydrogen-bond donors (Lipinski definition) is 1. The number of carbonyl (C=O) groups excluding carboxylic acids is 1. The van der Waals surface area contributed by atoms with Gasteiger partial charge < -0.3 is 5.73 Å². The molecule has 0 radical (unpaired) electrons. The molecule has 1 fully saturated rings. The Labute approximate surface area is 83.3 Å². The summed E-state index contributed by atoms with van der Waals surface area (Å²) in [6.45, 7) is 0. The largest absolute Gasteiger partial charge is 0.383 e.